The third kappa shape index (κ3) is 29.5. The fourth-order valence-electron chi connectivity index (χ4n) is 7.49. The Morgan fingerprint density at radius 3 is 0.902 bits per heavy atom. The molecule has 0 fully saturated rings. The van der Waals surface area contributed by atoms with Crippen LogP contribution in [0.1, 0.15) is 252 Å². The Morgan fingerprint density at radius 2 is 0.667 bits per heavy atom. The second-order valence-corrected chi connectivity index (χ2v) is 15.9. The van der Waals surface area contributed by atoms with Crippen LogP contribution in [0.15, 0.2) is 0 Å². The van der Waals surface area contributed by atoms with Crippen LogP contribution in [0.4, 0.5) is 0 Å². The highest BCUT2D eigenvalue weighted by Gasteiger charge is 2.43. The summed E-state index contributed by atoms with van der Waals surface area (Å²) >= 11 is 0. The Hall–Kier alpha value is -1.63. The van der Waals surface area contributed by atoms with Crippen LogP contribution in [-0.2, 0) is 19.1 Å². The Bertz CT molecular complexity index is 830. The van der Waals surface area contributed by atoms with Gasteiger partial charge in [-0.3, -0.25) is 9.59 Å². The normalized spacial score (nSPS) is 13.9. The number of rotatable bonds is 40. The smallest absolute Gasteiger partial charge is 0.336 e. The molecule has 0 aliphatic heterocycles. The summed E-state index contributed by atoms with van der Waals surface area (Å²) in [5, 5.41) is 29.4. The molecule has 0 aliphatic rings. The van der Waals surface area contributed by atoms with Crippen LogP contribution in [-0.4, -0.2) is 44.4 Å². The zero-order valence-corrected chi connectivity index (χ0v) is 33.9. The highest BCUT2D eigenvalue weighted by atomic mass is 16.6. The molecule has 0 heterocycles. The fraction of sp³-hybridized carbons (Fsp3) is 0.932. The standard InChI is InChI=1S/C44H84O7/c1-4-7-10-13-16-18-19-20-21-22-23-24-26-28-31-34-37-43(35-32-29-15-12-9-6-3,36-33-30-27-25-17-14-11-8-5-2)51-41(47)39-44(50,42(48)49)38-40(45)46/h50H,4-39H2,1-3H3,(H,45,46)(H,48,49). The molecule has 51 heavy (non-hydrogen) atoms. The van der Waals surface area contributed by atoms with Crippen LogP contribution >= 0.6 is 0 Å². The van der Waals surface area contributed by atoms with E-state index in [0.717, 1.165) is 77.0 Å². The Morgan fingerprint density at radius 1 is 0.412 bits per heavy atom. The molecule has 0 aromatic heterocycles. The van der Waals surface area contributed by atoms with E-state index < -0.39 is 42.0 Å². The van der Waals surface area contributed by atoms with Crippen molar-refractivity contribution in [3.63, 3.8) is 0 Å². The molecule has 0 aliphatic carbocycles. The molecule has 0 aromatic rings. The first kappa shape index (κ1) is 49.4. The largest absolute Gasteiger partial charge is 0.481 e. The summed E-state index contributed by atoms with van der Waals surface area (Å²) in [7, 11) is 0. The van der Waals surface area contributed by atoms with E-state index in [1.807, 2.05) is 0 Å². The fourth-order valence-corrected chi connectivity index (χ4v) is 7.49. The predicted octanol–water partition coefficient (Wildman–Crippen LogP) is 13.3. The molecule has 3 N–H and O–H groups in total. The number of carboxylic acid groups (broad SMARTS) is 2. The monoisotopic (exact) mass is 725 g/mol. The molecule has 302 valence electrons. The molecule has 7 heteroatoms. The summed E-state index contributed by atoms with van der Waals surface area (Å²) in [5.74, 6) is -3.98. The number of carbonyl (C=O) groups excluding carboxylic acids is 1. The van der Waals surface area contributed by atoms with E-state index in [4.69, 9.17) is 4.74 Å². The maximum Gasteiger partial charge on any atom is 0.336 e. The van der Waals surface area contributed by atoms with Gasteiger partial charge in [0, 0.05) is 0 Å². The second kappa shape index (κ2) is 34.2. The van der Waals surface area contributed by atoms with Gasteiger partial charge in [0.25, 0.3) is 0 Å². The number of carboxylic acids is 2. The molecule has 0 bridgehead atoms. The summed E-state index contributed by atoms with van der Waals surface area (Å²) in [4.78, 5) is 36.5. The number of unbranched alkanes of at least 4 members (excludes halogenated alkanes) is 28. The van der Waals surface area contributed by atoms with Crippen LogP contribution in [0.5, 0.6) is 0 Å². The highest BCUT2D eigenvalue weighted by molar-refractivity contribution is 5.88. The number of hydrogen-bond acceptors (Lipinski definition) is 5. The van der Waals surface area contributed by atoms with Gasteiger partial charge in [-0.2, -0.15) is 0 Å². The number of ether oxygens (including phenoxy) is 1. The van der Waals surface area contributed by atoms with Crippen molar-refractivity contribution in [2.24, 2.45) is 0 Å². The molecule has 7 nitrogen and oxygen atoms in total. The first-order valence-electron chi connectivity index (χ1n) is 22.0. The molecule has 0 spiro atoms. The summed E-state index contributed by atoms with van der Waals surface area (Å²) < 4.78 is 6.23. The lowest BCUT2D eigenvalue weighted by Crippen LogP contribution is -2.45. The van der Waals surface area contributed by atoms with Crippen molar-refractivity contribution in [3.8, 4) is 0 Å². The van der Waals surface area contributed by atoms with Crippen molar-refractivity contribution < 1.29 is 34.4 Å². The van der Waals surface area contributed by atoms with Crippen LogP contribution < -0.4 is 0 Å². The molecule has 0 aromatic carbocycles. The van der Waals surface area contributed by atoms with Gasteiger partial charge in [0.2, 0.25) is 0 Å². The van der Waals surface area contributed by atoms with Crippen molar-refractivity contribution in [2.75, 3.05) is 0 Å². The molecule has 0 saturated heterocycles. The third-order valence-corrected chi connectivity index (χ3v) is 10.8. The Labute approximate surface area is 314 Å². The first-order chi connectivity index (χ1) is 24.6. The maximum absolute atomic E-state index is 13.3. The van der Waals surface area contributed by atoms with Gasteiger partial charge >= 0.3 is 17.9 Å². The Balaban J connectivity index is 5.14. The van der Waals surface area contributed by atoms with Gasteiger partial charge in [0.1, 0.15) is 5.60 Å². The van der Waals surface area contributed by atoms with E-state index in [2.05, 4.69) is 20.8 Å². The van der Waals surface area contributed by atoms with Gasteiger partial charge in [-0.05, 0) is 38.5 Å². The lowest BCUT2D eigenvalue weighted by Gasteiger charge is -2.35. The number of hydrogen-bond donors (Lipinski definition) is 3. The molecule has 0 amide bonds. The van der Waals surface area contributed by atoms with E-state index >= 15 is 0 Å². The zero-order chi connectivity index (χ0) is 37.9. The molecule has 0 radical (unpaired) electrons. The van der Waals surface area contributed by atoms with Crippen LogP contribution in [0, 0.1) is 0 Å². The lowest BCUT2D eigenvalue weighted by atomic mass is 9.84. The highest BCUT2D eigenvalue weighted by Crippen LogP contribution is 2.34. The van der Waals surface area contributed by atoms with Gasteiger partial charge in [-0.15, -0.1) is 0 Å². The van der Waals surface area contributed by atoms with Crippen LogP contribution in [0.2, 0.25) is 0 Å². The average Bonchev–Trinajstić information content (AvgIpc) is 3.08. The van der Waals surface area contributed by atoms with E-state index in [-0.39, 0.29) is 0 Å². The summed E-state index contributed by atoms with van der Waals surface area (Å²) in [6, 6.07) is 0. The van der Waals surface area contributed by atoms with Crippen molar-refractivity contribution in [2.45, 2.75) is 263 Å². The SMILES string of the molecule is CCCCCCCCCCCCCCCCCCC(CCCCCCCC)(CCCCCCCCCCC)OC(=O)CC(O)(CC(=O)O)C(=O)O. The second-order valence-electron chi connectivity index (χ2n) is 15.9. The van der Waals surface area contributed by atoms with E-state index in [9.17, 15) is 29.7 Å². The van der Waals surface area contributed by atoms with Crippen LogP contribution in [0.25, 0.3) is 0 Å². The lowest BCUT2D eigenvalue weighted by molar-refractivity contribution is -0.179. The average molecular weight is 725 g/mol. The van der Waals surface area contributed by atoms with Gasteiger partial charge in [0.15, 0.2) is 5.60 Å². The third-order valence-electron chi connectivity index (χ3n) is 10.8. The van der Waals surface area contributed by atoms with Gasteiger partial charge < -0.3 is 20.1 Å². The van der Waals surface area contributed by atoms with Gasteiger partial charge in [-0.1, -0.05) is 201 Å². The number of carbonyl (C=O) groups is 3. The minimum Gasteiger partial charge on any atom is -0.481 e. The number of aliphatic carboxylic acids is 2. The van der Waals surface area contributed by atoms with Crippen molar-refractivity contribution >= 4 is 17.9 Å². The van der Waals surface area contributed by atoms with Gasteiger partial charge in [-0.25, -0.2) is 4.79 Å². The van der Waals surface area contributed by atoms with E-state index in [1.54, 1.807) is 0 Å². The van der Waals surface area contributed by atoms with Crippen molar-refractivity contribution in [1.82, 2.24) is 0 Å². The number of aliphatic hydroxyl groups is 1. The first-order valence-corrected chi connectivity index (χ1v) is 22.0. The minimum absolute atomic E-state index is 0.707. The predicted molar refractivity (Wildman–Crippen MR) is 212 cm³/mol. The molecule has 0 rings (SSSR count). The molecule has 0 saturated carbocycles. The molecular formula is C44H84O7. The molecule has 2 atom stereocenters. The van der Waals surface area contributed by atoms with Gasteiger partial charge in [0.05, 0.1) is 12.8 Å². The zero-order valence-electron chi connectivity index (χ0n) is 33.9. The minimum atomic E-state index is -2.68. The van der Waals surface area contributed by atoms with Crippen molar-refractivity contribution in [3.05, 3.63) is 0 Å². The topological polar surface area (TPSA) is 121 Å². The number of esters is 1. The summed E-state index contributed by atoms with van der Waals surface area (Å²) in [6.45, 7) is 6.71. The van der Waals surface area contributed by atoms with E-state index in [0.29, 0.717) is 0 Å². The quantitative estimate of drug-likeness (QED) is 0.0425. The van der Waals surface area contributed by atoms with Crippen LogP contribution in [0.3, 0.4) is 0 Å². The summed E-state index contributed by atoms with van der Waals surface area (Å²) in [6.07, 6.45) is 38.5. The molecule has 2 unspecified atom stereocenters. The summed E-state index contributed by atoms with van der Waals surface area (Å²) in [5.41, 5.74) is -3.39. The van der Waals surface area contributed by atoms with E-state index in [1.165, 1.54) is 141 Å². The Kier molecular flexibility index (Phi) is 33.1. The molecular weight excluding hydrogens is 640 g/mol. The van der Waals surface area contributed by atoms with Crippen molar-refractivity contribution in [1.29, 1.82) is 0 Å². The maximum atomic E-state index is 13.3.